The van der Waals surface area contributed by atoms with Crippen molar-refractivity contribution in [2.75, 3.05) is 0 Å². The number of rotatable bonds is 1. The zero-order valence-corrected chi connectivity index (χ0v) is 9.38. The summed E-state index contributed by atoms with van der Waals surface area (Å²) in [7, 11) is 0. The molecule has 3 heteroatoms. The van der Waals surface area contributed by atoms with Crippen molar-refractivity contribution in [1.29, 1.82) is 0 Å². The quantitative estimate of drug-likeness (QED) is 0.582. The summed E-state index contributed by atoms with van der Waals surface area (Å²) in [6.45, 7) is 0. The molecule has 12 heavy (non-hydrogen) atoms. The Hall–Kier alpha value is -0.371. The Balaban J connectivity index is 2.90. The van der Waals surface area contributed by atoms with E-state index in [4.69, 9.17) is 0 Å². The summed E-state index contributed by atoms with van der Waals surface area (Å²) >= 11 is 3.72. The van der Waals surface area contributed by atoms with Crippen molar-refractivity contribution in [2.24, 2.45) is 0 Å². The molecule has 2 aromatic rings. The second-order valence-corrected chi connectivity index (χ2v) is 6.59. The molecule has 0 unspecified atom stereocenters. The normalized spacial score (nSPS) is 10.4. The fourth-order valence-electron chi connectivity index (χ4n) is 1.15. The van der Waals surface area contributed by atoms with Gasteiger partial charge in [-0.15, -0.1) is 0 Å². The van der Waals surface area contributed by atoms with E-state index in [0.29, 0.717) is 14.5 Å². The van der Waals surface area contributed by atoms with Gasteiger partial charge in [-0.05, 0) is 0 Å². The first kappa shape index (κ1) is 8.24. The molecule has 0 spiro atoms. The second kappa shape index (κ2) is 3.17. The Kier molecular flexibility index (Phi) is 2.18. The van der Waals surface area contributed by atoms with Crippen LogP contribution < -0.4 is 0 Å². The van der Waals surface area contributed by atoms with Crippen molar-refractivity contribution in [2.45, 2.75) is 0 Å². The molecule has 60 valence electrons. The van der Waals surface area contributed by atoms with Gasteiger partial charge in [-0.2, -0.15) is 0 Å². The minimum absolute atomic E-state index is 0.298. The van der Waals surface area contributed by atoms with Gasteiger partial charge in [0.15, 0.2) is 0 Å². The first-order chi connectivity index (χ1) is 5.83. The molecule has 0 aliphatic carbocycles. The molecule has 0 saturated heterocycles. The number of benzene rings is 1. The summed E-state index contributed by atoms with van der Waals surface area (Å²) < 4.78 is 2.35. The van der Waals surface area contributed by atoms with Crippen molar-refractivity contribution >= 4 is 46.4 Å². The Morgan fingerprint density at radius 1 is 1.33 bits per heavy atom. The van der Waals surface area contributed by atoms with E-state index in [0.717, 1.165) is 20.6 Å². The van der Waals surface area contributed by atoms with Crippen LogP contribution in [0.5, 0.6) is 0 Å². The summed E-state index contributed by atoms with van der Waals surface area (Å²) in [5, 5.41) is 1.10. The fraction of sp³-hybridized carbons (Fsp3) is 0. The average molecular weight is 288 g/mol. The zero-order valence-electron chi connectivity index (χ0n) is 6.08. The van der Waals surface area contributed by atoms with Crippen LogP contribution in [-0.2, 0) is 0 Å². The zero-order chi connectivity index (χ0) is 8.55. The van der Waals surface area contributed by atoms with Crippen LogP contribution in [0.15, 0.2) is 27.6 Å². The third-order valence-corrected chi connectivity index (χ3v) is 5.02. The monoisotopic (exact) mass is 288 g/mol. The number of aldehydes is 1. The Morgan fingerprint density at radius 3 is 2.83 bits per heavy atom. The molecule has 0 fully saturated rings. The first-order valence-electron chi connectivity index (χ1n) is 3.45. The Morgan fingerprint density at radius 2 is 2.08 bits per heavy atom. The molecular formula is C9H5BrOSe. The van der Waals surface area contributed by atoms with Crippen molar-refractivity contribution in [1.82, 2.24) is 0 Å². The van der Waals surface area contributed by atoms with Crippen molar-refractivity contribution in [3.8, 4) is 0 Å². The number of halogens is 1. The van der Waals surface area contributed by atoms with Crippen molar-refractivity contribution in [3.05, 3.63) is 33.2 Å². The second-order valence-electron chi connectivity index (χ2n) is 2.40. The number of hydrogen-bond acceptors (Lipinski definition) is 1. The van der Waals surface area contributed by atoms with Gasteiger partial charge in [0.2, 0.25) is 0 Å². The molecule has 0 saturated carbocycles. The Labute approximate surface area is 84.3 Å². The summed E-state index contributed by atoms with van der Waals surface area (Å²) in [5.41, 5.74) is 0.825. The summed E-state index contributed by atoms with van der Waals surface area (Å²) in [6.07, 6.45) is 0.928. The molecule has 0 aliphatic rings. The van der Waals surface area contributed by atoms with Gasteiger partial charge in [0, 0.05) is 0 Å². The molecule has 1 heterocycles. The molecule has 0 radical (unpaired) electrons. The SMILES string of the molecule is O=Cc1c(Br)[se]c2ccccc12. The summed E-state index contributed by atoms with van der Waals surface area (Å²) in [5.74, 6) is 0. The maximum atomic E-state index is 10.7. The molecule has 1 nitrogen and oxygen atoms in total. The average Bonchev–Trinajstić information content (AvgIpc) is 2.40. The van der Waals surface area contributed by atoms with Crippen LogP contribution in [-0.4, -0.2) is 20.8 Å². The third-order valence-electron chi connectivity index (χ3n) is 1.71. The van der Waals surface area contributed by atoms with Gasteiger partial charge in [0.05, 0.1) is 0 Å². The van der Waals surface area contributed by atoms with E-state index in [9.17, 15) is 4.79 Å². The van der Waals surface area contributed by atoms with E-state index in [2.05, 4.69) is 22.0 Å². The molecule has 0 aliphatic heterocycles. The van der Waals surface area contributed by atoms with E-state index >= 15 is 0 Å². The van der Waals surface area contributed by atoms with Crippen molar-refractivity contribution in [3.63, 3.8) is 0 Å². The molecule has 1 aromatic heterocycles. The van der Waals surface area contributed by atoms with Gasteiger partial charge in [-0.1, -0.05) is 0 Å². The topological polar surface area (TPSA) is 17.1 Å². The van der Waals surface area contributed by atoms with Gasteiger partial charge in [0.25, 0.3) is 0 Å². The van der Waals surface area contributed by atoms with E-state index < -0.39 is 0 Å². The molecule has 1 aromatic carbocycles. The molecule has 0 atom stereocenters. The van der Waals surface area contributed by atoms with E-state index in [1.807, 2.05) is 18.2 Å². The van der Waals surface area contributed by atoms with Crippen LogP contribution in [0.4, 0.5) is 0 Å². The number of hydrogen-bond donors (Lipinski definition) is 0. The van der Waals surface area contributed by atoms with E-state index in [1.54, 1.807) is 0 Å². The molecule has 0 N–H and O–H groups in total. The number of carbonyl (C=O) groups excluding carboxylic acids is 1. The van der Waals surface area contributed by atoms with E-state index in [1.165, 1.54) is 4.26 Å². The standard InChI is InChI=1S/C9H5BrOSe/c10-9-7(5-11)6-3-1-2-4-8(6)12-9/h1-5H. The van der Waals surface area contributed by atoms with Crippen molar-refractivity contribution < 1.29 is 4.79 Å². The number of fused-ring (bicyclic) bond motifs is 1. The molecule has 0 amide bonds. The third kappa shape index (κ3) is 1.18. The van der Waals surface area contributed by atoms with Crippen LogP contribution in [0, 0.1) is 0 Å². The molecule has 2 rings (SSSR count). The molecule has 0 bridgehead atoms. The summed E-state index contributed by atoms with van der Waals surface area (Å²) in [4.78, 5) is 10.7. The fourth-order valence-corrected chi connectivity index (χ4v) is 4.24. The van der Waals surface area contributed by atoms with Gasteiger partial charge < -0.3 is 0 Å². The maximum absolute atomic E-state index is 10.7. The molecular weight excluding hydrogens is 283 g/mol. The number of carbonyl (C=O) groups is 1. The van der Waals surface area contributed by atoms with Crippen LogP contribution in [0.3, 0.4) is 0 Å². The first-order valence-corrected chi connectivity index (χ1v) is 5.96. The van der Waals surface area contributed by atoms with E-state index in [-0.39, 0.29) is 0 Å². The van der Waals surface area contributed by atoms with Crippen LogP contribution in [0.2, 0.25) is 0 Å². The van der Waals surface area contributed by atoms with Crippen LogP contribution in [0.1, 0.15) is 10.4 Å². The van der Waals surface area contributed by atoms with Gasteiger partial charge >= 0.3 is 84.3 Å². The Bertz CT molecular complexity index is 433. The van der Waals surface area contributed by atoms with Crippen LogP contribution in [0.25, 0.3) is 9.65 Å². The van der Waals surface area contributed by atoms with Crippen LogP contribution >= 0.6 is 15.9 Å². The van der Waals surface area contributed by atoms with Gasteiger partial charge in [-0.3, -0.25) is 0 Å². The predicted octanol–water partition coefficient (Wildman–Crippen LogP) is 2.47. The minimum atomic E-state index is 0.298. The van der Waals surface area contributed by atoms with Gasteiger partial charge in [0.1, 0.15) is 0 Å². The summed E-state index contributed by atoms with van der Waals surface area (Å²) in [6, 6.07) is 8.04. The van der Waals surface area contributed by atoms with Gasteiger partial charge in [-0.25, -0.2) is 0 Å². The predicted molar refractivity (Wildman–Crippen MR) is 54.0 cm³/mol.